The van der Waals surface area contributed by atoms with E-state index in [0.29, 0.717) is 5.69 Å². The molecule has 31 heavy (non-hydrogen) atoms. The first-order valence-electron chi connectivity index (χ1n) is 9.37. The zero-order chi connectivity index (χ0) is 21.6. The quantitative estimate of drug-likeness (QED) is 0.210. The van der Waals surface area contributed by atoms with E-state index in [1.165, 1.54) is 35.2 Å². The van der Waals surface area contributed by atoms with Crippen molar-refractivity contribution in [1.29, 1.82) is 0 Å². The zero-order valence-electron chi connectivity index (χ0n) is 16.2. The summed E-state index contributed by atoms with van der Waals surface area (Å²) in [4.78, 5) is 27.2. The third kappa shape index (κ3) is 5.36. The first-order chi connectivity index (χ1) is 15.1. The fourth-order valence-corrected chi connectivity index (χ4v) is 4.55. The molecule has 0 atom stereocenters. The van der Waals surface area contributed by atoms with Gasteiger partial charge in [0.25, 0.3) is 5.69 Å². The topological polar surface area (TPSA) is 85.1 Å². The molecule has 0 aliphatic carbocycles. The molecule has 1 heterocycles. The van der Waals surface area contributed by atoms with E-state index < -0.39 is 4.92 Å². The molecule has 6 nitrogen and oxygen atoms in total. The third-order valence-corrected chi connectivity index (χ3v) is 6.48. The average molecular weight is 448 g/mol. The largest absolute Gasteiger partial charge is 0.325 e. The predicted molar refractivity (Wildman–Crippen MR) is 125 cm³/mol. The highest BCUT2D eigenvalue weighted by atomic mass is 32.2. The van der Waals surface area contributed by atoms with Crippen LogP contribution in [0.2, 0.25) is 0 Å². The molecule has 0 aliphatic rings. The van der Waals surface area contributed by atoms with Crippen molar-refractivity contribution >= 4 is 40.4 Å². The highest BCUT2D eigenvalue weighted by Crippen LogP contribution is 2.28. The van der Waals surface area contributed by atoms with E-state index >= 15 is 0 Å². The van der Waals surface area contributed by atoms with Gasteiger partial charge in [0.05, 0.1) is 16.4 Å². The Labute approximate surface area is 187 Å². The fourth-order valence-electron chi connectivity index (χ4n) is 2.91. The Hall–Kier alpha value is -3.49. The molecule has 3 aromatic carbocycles. The molecule has 4 rings (SSSR count). The van der Waals surface area contributed by atoms with Crippen LogP contribution in [-0.2, 0) is 4.79 Å². The summed E-state index contributed by atoms with van der Waals surface area (Å²) in [6.07, 6.45) is 0. The van der Waals surface area contributed by atoms with Gasteiger partial charge in [0, 0.05) is 28.8 Å². The molecule has 8 heteroatoms. The highest BCUT2D eigenvalue weighted by Gasteiger charge is 2.09. The van der Waals surface area contributed by atoms with Crippen LogP contribution in [0.5, 0.6) is 0 Å². The minimum Gasteiger partial charge on any atom is -0.325 e. The molecule has 154 valence electrons. The van der Waals surface area contributed by atoms with E-state index in [4.69, 9.17) is 0 Å². The number of rotatable bonds is 7. The van der Waals surface area contributed by atoms with Crippen LogP contribution in [-0.4, -0.2) is 21.6 Å². The Morgan fingerprint density at radius 2 is 1.58 bits per heavy atom. The lowest BCUT2D eigenvalue weighted by atomic mass is 10.1. The third-order valence-electron chi connectivity index (χ3n) is 4.46. The van der Waals surface area contributed by atoms with E-state index in [9.17, 15) is 14.9 Å². The second-order valence-electron chi connectivity index (χ2n) is 6.58. The van der Waals surface area contributed by atoms with E-state index in [1.54, 1.807) is 12.1 Å². The number of carbonyl (C=O) groups excluding carboxylic acids is 1. The fraction of sp³-hybridized carbons (Fsp3) is 0.0435. The molecule has 0 saturated carbocycles. The number of nitro groups is 1. The number of nitrogens with one attached hydrogen (secondary N) is 1. The number of nitrogens with zero attached hydrogens (tertiary/aromatic N) is 2. The van der Waals surface area contributed by atoms with Gasteiger partial charge in [-0.25, -0.2) is 4.98 Å². The van der Waals surface area contributed by atoms with Gasteiger partial charge in [-0.05, 0) is 35.4 Å². The minimum atomic E-state index is -0.422. The number of non-ortho nitro benzene ring substituents is 1. The molecule has 1 aromatic heterocycles. The SMILES string of the molecule is O=C(CSc1nc(-c2ccccc2)cs1)Nc1ccc(-c2ccc([N+](=O)[O-])cc2)cc1. The number of thioether (sulfide) groups is 1. The van der Waals surface area contributed by atoms with E-state index in [0.717, 1.165) is 26.7 Å². The van der Waals surface area contributed by atoms with Crippen LogP contribution in [0.4, 0.5) is 11.4 Å². The van der Waals surface area contributed by atoms with Crippen molar-refractivity contribution in [2.45, 2.75) is 4.34 Å². The molecule has 0 aliphatic heterocycles. The second kappa shape index (κ2) is 9.55. The van der Waals surface area contributed by atoms with Crippen molar-refractivity contribution < 1.29 is 9.72 Å². The van der Waals surface area contributed by atoms with Crippen LogP contribution >= 0.6 is 23.1 Å². The maximum Gasteiger partial charge on any atom is 0.269 e. The summed E-state index contributed by atoms with van der Waals surface area (Å²) >= 11 is 2.93. The van der Waals surface area contributed by atoms with Crippen LogP contribution < -0.4 is 5.32 Å². The summed E-state index contributed by atoms with van der Waals surface area (Å²) < 4.78 is 0.850. The number of hydrogen-bond donors (Lipinski definition) is 1. The first kappa shape index (κ1) is 20.8. The normalized spacial score (nSPS) is 10.6. The molecule has 1 amide bonds. The van der Waals surface area contributed by atoms with E-state index in [1.807, 2.05) is 60.0 Å². The van der Waals surface area contributed by atoms with Gasteiger partial charge < -0.3 is 5.32 Å². The first-order valence-corrected chi connectivity index (χ1v) is 11.2. The summed E-state index contributed by atoms with van der Waals surface area (Å²) in [6.45, 7) is 0. The van der Waals surface area contributed by atoms with Crippen molar-refractivity contribution in [3.8, 4) is 22.4 Å². The summed E-state index contributed by atoms with van der Waals surface area (Å²) in [5, 5.41) is 15.6. The number of hydrogen-bond acceptors (Lipinski definition) is 6. The van der Waals surface area contributed by atoms with Gasteiger partial charge in [0.1, 0.15) is 0 Å². The lowest BCUT2D eigenvalue weighted by Crippen LogP contribution is -2.13. The van der Waals surface area contributed by atoms with Crippen molar-refractivity contribution in [3.05, 3.63) is 94.4 Å². The zero-order valence-corrected chi connectivity index (χ0v) is 17.9. The molecule has 0 unspecified atom stereocenters. The second-order valence-corrected chi connectivity index (χ2v) is 8.66. The number of carbonyl (C=O) groups is 1. The maximum absolute atomic E-state index is 12.3. The van der Waals surface area contributed by atoms with Gasteiger partial charge in [0.15, 0.2) is 4.34 Å². The van der Waals surface area contributed by atoms with Crippen LogP contribution in [0.15, 0.2) is 88.6 Å². The van der Waals surface area contributed by atoms with Gasteiger partial charge >= 0.3 is 0 Å². The van der Waals surface area contributed by atoms with Gasteiger partial charge in [0.2, 0.25) is 5.91 Å². The lowest BCUT2D eigenvalue weighted by molar-refractivity contribution is -0.384. The van der Waals surface area contributed by atoms with Crippen LogP contribution in [0, 0.1) is 10.1 Å². The van der Waals surface area contributed by atoms with Gasteiger partial charge in [-0.2, -0.15) is 0 Å². The van der Waals surface area contributed by atoms with Crippen molar-refractivity contribution in [2.75, 3.05) is 11.1 Å². The number of thiazole rings is 1. The van der Waals surface area contributed by atoms with Gasteiger partial charge in [-0.3, -0.25) is 14.9 Å². The van der Waals surface area contributed by atoms with Crippen molar-refractivity contribution in [2.24, 2.45) is 0 Å². The molecular formula is C23H17N3O3S2. The van der Waals surface area contributed by atoms with Gasteiger partial charge in [-0.15, -0.1) is 11.3 Å². The Morgan fingerprint density at radius 1 is 0.935 bits per heavy atom. The Morgan fingerprint density at radius 3 is 2.23 bits per heavy atom. The molecule has 4 aromatic rings. The van der Waals surface area contributed by atoms with Crippen molar-refractivity contribution in [1.82, 2.24) is 4.98 Å². The Balaban J connectivity index is 1.32. The number of amides is 1. The molecule has 0 bridgehead atoms. The molecule has 1 N–H and O–H groups in total. The summed E-state index contributed by atoms with van der Waals surface area (Å²) in [5.41, 5.74) is 4.51. The number of nitro benzene ring substituents is 1. The van der Waals surface area contributed by atoms with E-state index in [-0.39, 0.29) is 17.3 Å². The smallest absolute Gasteiger partial charge is 0.269 e. The summed E-state index contributed by atoms with van der Waals surface area (Å²) in [5.74, 6) is 0.163. The monoisotopic (exact) mass is 447 g/mol. The van der Waals surface area contributed by atoms with Crippen LogP contribution in [0.1, 0.15) is 0 Å². The lowest BCUT2D eigenvalue weighted by Gasteiger charge is -2.06. The molecule has 0 radical (unpaired) electrons. The Bertz CT molecular complexity index is 1190. The summed E-state index contributed by atoms with van der Waals surface area (Å²) in [7, 11) is 0. The molecule has 0 spiro atoms. The summed E-state index contributed by atoms with van der Waals surface area (Å²) in [6, 6.07) is 23.7. The highest BCUT2D eigenvalue weighted by molar-refractivity contribution is 8.01. The number of benzene rings is 3. The standard InChI is InChI=1S/C23H17N3O3S2/c27-22(15-31-23-25-21(14-30-23)18-4-2-1-3-5-18)24-19-10-6-16(7-11-19)17-8-12-20(13-9-17)26(28)29/h1-14H,15H2,(H,24,27). The number of aromatic nitrogens is 1. The van der Waals surface area contributed by atoms with Crippen molar-refractivity contribution in [3.63, 3.8) is 0 Å². The van der Waals surface area contributed by atoms with Crippen LogP contribution in [0.25, 0.3) is 22.4 Å². The molecule has 0 saturated heterocycles. The maximum atomic E-state index is 12.3. The predicted octanol–water partition coefficient (Wildman–Crippen LogP) is 6.12. The molecular weight excluding hydrogens is 430 g/mol. The van der Waals surface area contributed by atoms with E-state index in [2.05, 4.69) is 10.3 Å². The molecule has 0 fully saturated rings. The Kier molecular flexibility index (Phi) is 6.40. The minimum absolute atomic E-state index is 0.0567. The van der Waals surface area contributed by atoms with Crippen LogP contribution in [0.3, 0.4) is 0 Å². The average Bonchev–Trinajstić information content (AvgIpc) is 3.28. The van der Waals surface area contributed by atoms with Gasteiger partial charge in [-0.1, -0.05) is 54.2 Å². The number of anilines is 1.